The summed E-state index contributed by atoms with van der Waals surface area (Å²) in [6, 6.07) is 16.2. The number of nitrogen functional groups attached to an aromatic ring is 1. The number of amides is 2. The number of halogens is 1. The number of alkyl carbamates (subject to hydrolysis) is 1. The van der Waals surface area contributed by atoms with Crippen molar-refractivity contribution in [3.63, 3.8) is 0 Å². The van der Waals surface area contributed by atoms with Crippen molar-refractivity contribution < 1.29 is 56.8 Å². The summed E-state index contributed by atoms with van der Waals surface area (Å²) in [5.41, 5.74) is 8.71. The molecule has 67 heavy (non-hydrogen) atoms. The molecule has 1 aliphatic carbocycles. The van der Waals surface area contributed by atoms with Gasteiger partial charge in [-0.3, -0.25) is 4.79 Å². The Morgan fingerprint density at radius 3 is 2.48 bits per heavy atom. The molecule has 3 aliphatic heterocycles. The summed E-state index contributed by atoms with van der Waals surface area (Å²) in [5.74, 6) is -1.24. The second kappa shape index (κ2) is 19.7. The Labute approximate surface area is 391 Å². The van der Waals surface area contributed by atoms with Crippen molar-refractivity contribution in [2.75, 3.05) is 84.9 Å². The molecule has 22 nitrogen and oxygen atoms in total. The Morgan fingerprint density at radius 2 is 1.76 bits per heavy atom. The van der Waals surface area contributed by atoms with Crippen molar-refractivity contribution in [2.45, 2.75) is 24.5 Å². The molecule has 8 rings (SSSR count). The number of aromatic amines is 1. The number of nitrogens with two attached hydrogens (primary N) is 1. The van der Waals surface area contributed by atoms with Crippen molar-refractivity contribution in [3.05, 3.63) is 86.2 Å². The second-order valence-electron chi connectivity index (χ2n) is 16.2. The van der Waals surface area contributed by atoms with E-state index in [-0.39, 0.29) is 79.1 Å². The first kappa shape index (κ1) is 47.5. The number of rotatable bonds is 15. The topological polar surface area (TPSA) is 280 Å². The fourth-order valence-electron chi connectivity index (χ4n) is 7.89. The summed E-state index contributed by atoms with van der Waals surface area (Å²) in [6.45, 7) is 0.754. The van der Waals surface area contributed by atoms with E-state index >= 15 is 0 Å². The molecule has 4 aliphatic rings. The molecule has 0 radical (unpaired) electrons. The first-order valence-corrected chi connectivity index (χ1v) is 24.1. The summed E-state index contributed by atoms with van der Waals surface area (Å²) >= 11 is 3.33. The van der Waals surface area contributed by atoms with Crippen LogP contribution in [0.15, 0.2) is 68.5 Å². The van der Waals surface area contributed by atoms with Crippen LogP contribution in [0.3, 0.4) is 0 Å². The van der Waals surface area contributed by atoms with Gasteiger partial charge in [-0.1, -0.05) is 6.07 Å². The number of carboxylic acid groups (broad SMARTS) is 1. The van der Waals surface area contributed by atoms with E-state index in [1.54, 1.807) is 12.1 Å². The third-order valence-electron chi connectivity index (χ3n) is 11.1. The summed E-state index contributed by atoms with van der Waals surface area (Å²) in [7, 11) is 5.56. The molecule has 4 aromatic rings. The van der Waals surface area contributed by atoms with Gasteiger partial charge in [-0.2, -0.15) is 0 Å². The average molecular weight is 1010 g/mol. The third kappa shape index (κ3) is 10.2. The standard InChI is InChI=1S/C42H48BBrN9O13P/c1-51(2)22-6-9-25-28(18-22)63-29-19-23(52(3)4)7-10-26(29)31(25)24-8-5-21(17-27(24)39(56)57)36(54)46-11-13-60-15-16-61-14-12-47-42(58)65-34-33-30(20-62-67(43,59)66-33)64-38(34)53-35-32(48-40(53)44)37(55)50-41(45)49-35/h5-10,17-19,30,33-34,38,59,67H,11-16,20,43H2,1-4H3,(H5-,45,46,47,49,50,54,55,56,57,58)/p+1/t30-,33-,34?,38-/m1/s1. The van der Waals surface area contributed by atoms with Gasteiger partial charge in [-0.15, -0.1) is 0 Å². The van der Waals surface area contributed by atoms with Gasteiger partial charge < -0.3 is 19.7 Å². The number of benzene rings is 3. The van der Waals surface area contributed by atoms with E-state index in [9.17, 15) is 29.2 Å². The predicted molar refractivity (Wildman–Crippen MR) is 253 cm³/mol. The number of hydrogen-bond acceptors (Lipinski definition) is 16. The number of carbonyl (C=O) groups excluding carboxylic acids is 2. The fourth-order valence-corrected chi connectivity index (χ4v) is 9.77. The van der Waals surface area contributed by atoms with E-state index < -0.39 is 55.9 Å². The molecule has 2 saturated heterocycles. The molecule has 2 aromatic carbocycles. The number of carboxylic acids is 1. The predicted octanol–water partition coefficient (Wildman–Crippen LogP) is 1.68. The number of aromatic nitrogens is 4. The van der Waals surface area contributed by atoms with E-state index in [0.29, 0.717) is 22.5 Å². The van der Waals surface area contributed by atoms with Crippen molar-refractivity contribution in [2.24, 2.45) is 0 Å². The van der Waals surface area contributed by atoms with E-state index in [0.717, 1.165) is 22.0 Å². The van der Waals surface area contributed by atoms with Crippen LogP contribution >= 0.6 is 23.8 Å². The Balaban J connectivity index is 0.823. The van der Waals surface area contributed by atoms with Crippen LogP contribution in [0.2, 0.25) is 0 Å². The Bertz CT molecular complexity index is 2980. The number of hydrogen-bond donors (Lipinski definition) is 6. The van der Waals surface area contributed by atoms with Crippen LogP contribution in [-0.2, 0) is 28.0 Å². The first-order valence-electron chi connectivity index (χ1n) is 21.1. The maximum absolute atomic E-state index is 13.2. The Hall–Kier alpha value is -5.98. The second-order valence-corrected chi connectivity index (χ2v) is 19.2. The SMILES string of the molecule is B[PH]1(O)OC[C@H]2O[C@@H](n3c(Br)nc4c(=O)[nH]c(N)nc43)C(OC(=O)NCCOCCOCCNC(=O)c3ccc(-c4c5ccc(=[N+](C)C)cc-5oc5cc(N(C)C)ccc45)c(C(=O)O)c3)[C@@H]2O1. The van der Waals surface area contributed by atoms with Crippen LogP contribution in [0.4, 0.5) is 16.4 Å². The first-order chi connectivity index (χ1) is 32.0. The van der Waals surface area contributed by atoms with Crippen LogP contribution in [0.1, 0.15) is 26.9 Å². The zero-order chi connectivity index (χ0) is 47.7. The monoisotopic (exact) mass is 1010 g/mol. The maximum atomic E-state index is 13.2. The average Bonchev–Trinajstić information content (AvgIpc) is 3.79. The van der Waals surface area contributed by atoms with Crippen molar-refractivity contribution >= 4 is 83.1 Å². The number of anilines is 2. The molecule has 354 valence electrons. The van der Waals surface area contributed by atoms with Gasteiger partial charge in [0.25, 0.3) is 5.91 Å². The molecule has 5 heterocycles. The molecule has 0 bridgehead atoms. The number of aromatic carboxylic acids is 1. The van der Waals surface area contributed by atoms with E-state index in [2.05, 4.69) is 41.5 Å². The number of fused-ring (bicyclic) bond motifs is 4. The minimum atomic E-state index is -3.58. The van der Waals surface area contributed by atoms with Gasteiger partial charge in [-0.05, 0) is 35.9 Å². The molecule has 0 saturated carbocycles. The van der Waals surface area contributed by atoms with Gasteiger partial charge in [0.2, 0.25) is 5.36 Å². The molecule has 2 amide bonds. The molecular weight excluding hydrogens is 960 g/mol. The molecular formula is C42H49BBrN9O13P+. The zero-order valence-electron chi connectivity index (χ0n) is 37.0. The van der Waals surface area contributed by atoms with Crippen LogP contribution < -0.4 is 36.8 Å². The summed E-state index contributed by atoms with van der Waals surface area (Å²) in [6.07, 6.45) is -4.75. The Morgan fingerprint density at radius 1 is 1.03 bits per heavy atom. The Kier molecular flexibility index (Phi) is 14.0. The van der Waals surface area contributed by atoms with Gasteiger partial charge in [0, 0.05) is 60.5 Å². The fraction of sp³-hybridized carbons (Fsp3) is 0.357. The summed E-state index contributed by atoms with van der Waals surface area (Å²) in [4.78, 5) is 75.0. The van der Waals surface area contributed by atoms with Crippen molar-refractivity contribution in [1.82, 2.24) is 34.7 Å². The van der Waals surface area contributed by atoms with Crippen LogP contribution in [0.25, 0.3) is 44.6 Å². The normalized spacial score (nSPS) is 19.3. The number of carbonyl (C=O) groups is 3. The van der Waals surface area contributed by atoms with Gasteiger partial charge in [-0.25, -0.2) is 9.37 Å². The van der Waals surface area contributed by atoms with Crippen LogP contribution in [-0.4, -0.2) is 148 Å². The van der Waals surface area contributed by atoms with Gasteiger partial charge in [0.15, 0.2) is 0 Å². The zero-order valence-corrected chi connectivity index (χ0v) is 39.6. The van der Waals surface area contributed by atoms with Gasteiger partial charge in [0.1, 0.15) is 25.4 Å². The van der Waals surface area contributed by atoms with E-state index in [4.69, 9.17) is 38.1 Å². The number of nitrogens with one attached hydrogen (secondary N) is 3. The van der Waals surface area contributed by atoms with Gasteiger partial charge in [0.05, 0.1) is 18.2 Å². The number of ether oxygens (including phenoxy) is 4. The molecule has 4 atom stereocenters. The number of nitrogens with zero attached hydrogens (tertiary/aromatic N) is 5. The van der Waals surface area contributed by atoms with Crippen molar-refractivity contribution in [3.8, 4) is 22.5 Å². The summed E-state index contributed by atoms with van der Waals surface area (Å²) < 4.78 is 44.4. The molecule has 2 aromatic heterocycles. The van der Waals surface area contributed by atoms with E-state index in [1.807, 2.05) is 74.1 Å². The molecule has 0 spiro atoms. The molecule has 1 unspecified atom stereocenters. The third-order valence-corrected chi connectivity index (χ3v) is 13.1. The molecule has 7 N–H and O–H groups in total. The number of H-pyrrole nitrogens is 1. The molecule has 25 heteroatoms. The van der Waals surface area contributed by atoms with Gasteiger partial charge >= 0.3 is 201 Å². The van der Waals surface area contributed by atoms with E-state index in [1.165, 1.54) is 18.2 Å². The van der Waals surface area contributed by atoms with Crippen molar-refractivity contribution in [1.29, 1.82) is 0 Å². The quantitative estimate of drug-likeness (QED) is 0.0213. The summed E-state index contributed by atoms with van der Waals surface area (Å²) in [5, 5.41) is 17.4. The number of imidazole rings is 1. The van der Waals surface area contributed by atoms with Crippen LogP contribution in [0, 0.1) is 0 Å². The van der Waals surface area contributed by atoms with Crippen LogP contribution in [0.5, 0.6) is 0 Å². The molecule has 2 fully saturated rings. The minimum absolute atomic E-state index is 0.0349.